The van der Waals surface area contributed by atoms with Gasteiger partial charge in [0.2, 0.25) is 0 Å². The van der Waals surface area contributed by atoms with Gasteiger partial charge in [-0.25, -0.2) is 4.99 Å². The van der Waals surface area contributed by atoms with Gasteiger partial charge in [0.25, 0.3) is 0 Å². The minimum atomic E-state index is 0.161. The highest BCUT2D eigenvalue weighted by Gasteiger charge is 2.58. The number of guanidine groups is 1. The van der Waals surface area contributed by atoms with Crippen LogP contribution < -0.4 is 5.32 Å². The van der Waals surface area contributed by atoms with Crippen molar-refractivity contribution in [2.45, 2.75) is 45.4 Å². The molecule has 2 fully saturated rings. The average Bonchev–Trinajstić information content (AvgIpc) is 2.55. The fourth-order valence-electron chi connectivity index (χ4n) is 4.02. The Balaban J connectivity index is 1.70. The number of hydrogen-bond acceptors (Lipinski definition) is 2. The second-order valence-electron chi connectivity index (χ2n) is 7.56. The van der Waals surface area contributed by atoms with Crippen molar-refractivity contribution >= 4 is 5.96 Å². The van der Waals surface area contributed by atoms with E-state index in [-0.39, 0.29) is 5.41 Å². The Hall–Kier alpha value is -1.55. The molecule has 3 unspecified atom stereocenters. The molecule has 0 bridgehead atoms. The van der Waals surface area contributed by atoms with Crippen LogP contribution in [0.15, 0.2) is 35.3 Å². The zero-order chi connectivity index (χ0) is 16.4. The quantitative estimate of drug-likeness (QED) is 0.688. The Kier molecular flexibility index (Phi) is 4.62. The van der Waals surface area contributed by atoms with Crippen molar-refractivity contribution in [2.75, 3.05) is 20.7 Å². The lowest BCUT2D eigenvalue weighted by Gasteiger charge is -2.60. The van der Waals surface area contributed by atoms with Crippen LogP contribution in [0, 0.1) is 11.3 Å². The van der Waals surface area contributed by atoms with E-state index >= 15 is 0 Å². The SMILES string of the molecule is CN(C)C(=NCc1ccccc1)NC1C2CCCOC2C1(C)C. The maximum Gasteiger partial charge on any atom is 0.193 e. The van der Waals surface area contributed by atoms with E-state index in [1.165, 1.54) is 18.4 Å². The molecule has 2 aliphatic rings. The number of aliphatic imine (C=N–C) groups is 1. The standard InChI is InChI=1S/C19H29N3O/c1-19(2)16(15-11-8-12-23-17(15)19)21-18(22(3)4)20-13-14-9-6-5-7-10-14/h5-7,9-10,15-17H,8,11-13H2,1-4H3,(H,20,21). The van der Waals surface area contributed by atoms with Crippen LogP contribution in [-0.2, 0) is 11.3 Å². The number of nitrogens with one attached hydrogen (secondary N) is 1. The third-order valence-corrected chi connectivity index (χ3v) is 5.29. The lowest BCUT2D eigenvalue weighted by molar-refractivity contribution is -0.188. The second-order valence-corrected chi connectivity index (χ2v) is 7.56. The third kappa shape index (κ3) is 3.23. The molecule has 3 atom stereocenters. The molecular formula is C19H29N3O. The van der Waals surface area contributed by atoms with Gasteiger partial charge in [-0.3, -0.25) is 0 Å². The van der Waals surface area contributed by atoms with Gasteiger partial charge in [0.1, 0.15) is 0 Å². The molecule has 1 aromatic carbocycles. The lowest BCUT2D eigenvalue weighted by Crippen LogP contribution is -2.70. The maximum absolute atomic E-state index is 6.00. The molecule has 4 heteroatoms. The van der Waals surface area contributed by atoms with E-state index in [9.17, 15) is 0 Å². The molecule has 0 spiro atoms. The van der Waals surface area contributed by atoms with Gasteiger partial charge < -0.3 is 15.0 Å². The summed E-state index contributed by atoms with van der Waals surface area (Å²) in [5.41, 5.74) is 1.40. The van der Waals surface area contributed by atoms with Crippen molar-refractivity contribution in [1.29, 1.82) is 0 Å². The van der Waals surface area contributed by atoms with Crippen LogP contribution in [0.3, 0.4) is 0 Å². The number of fused-ring (bicyclic) bond motifs is 1. The van der Waals surface area contributed by atoms with Crippen molar-refractivity contribution in [3.63, 3.8) is 0 Å². The summed E-state index contributed by atoms with van der Waals surface area (Å²) in [5, 5.41) is 3.71. The minimum Gasteiger partial charge on any atom is -0.377 e. The number of ether oxygens (including phenoxy) is 1. The van der Waals surface area contributed by atoms with Crippen LogP contribution in [0.5, 0.6) is 0 Å². The Morgan fingerprint density at radius 1 is 1.30 bits per heavy atom. The fourth-order valence-corrected chi connectivity index (χ4v) is 4.02. The minimum absolute atomic E-state index is 0.161. The smallest absolute Gasteiger partial charge is 0.193 e. The Morgan fingerprint density at radius 2 is 2.04 bits per heavy atom. The molecule has 0 amide bonds. The monoisotopic (exact) mass is 315 g/mol. The molecule has 3 rings (SSSR count). The molecule has 1 saturated heterocycles. The van der Waals surface area contributed by atoms with Gasteiger partial charge in [0.15, 0.2) is 5.96 Å². The number of rotatable bonds is 3. The van der Waals surface area contributed by atoms with Crippen molar-refractivity contribution in [1.82, 2.24) is 10.2 Å². The largest absolute Gasteiger partial charge is 0.377 e. The van der Waals surface area contributed by atoms with E-state index in [2.05, 4.69) is 62.4 Å². The summed E-state index contributed by atoms with van der Waals surface area (Å²) in [5.74, 6) is 1.58. The van der Waals surface area contributed by atoms with E-state index in [4.69, 9.17) is 9.73 Å². The van der Waals surface area contributed by atoms with Gasteiger partial charge in [-0.1, -0.05) is 44.2 Å². The van der Waals surface area contributed by atoms with Crippen molar-refractivity contribution in [3.8, 4) is 0 Å². The molecule has 0 radical (unpaired) electrons. The highest BCUT2D eigenvalue weighted by atomic mass is 16.5. The lowest BCUT2D eigenvalue weighted by atomic mass is 9.55. The molecule has 1 saturated carbocycles. The van der Waals surface area contributed by atoms with Crippen LogP contribution in [-0.4, -0.2) is 43.7 Å². The molecule has 126 valence electrons. The summed E-state index contributed by atoms with van der Waals surface area (Å²) in [6.07, 6.45) is 2.82. The van der Waals surface area contributed by atoms with Crippen molar-refractivity contribution in [2.24, 2.45) is 16.3 Å². The van der Waals surface area contributed by atoms with Crippen molar-refractivity contribution < 1.29 is 4.74 Å². The van der Waals surface area contributed by atoms with Gasteiger partial charge >= 0.3 is 0 Å². The van der Waals surface area contributed by atoms with Crippen LogP contribution in [0.1, 0.15) is 32.3 Å². The first-order chi connectivity index (χ1) is 11.0. The predicted octanol–water partition coefficient (Wildman–Crippen LogP) is 2.90. The maximum atomic E-state index is 6.00. The second kappa shape index (κ2) is 6.52. The number of benzene rings is 1. The summed E-state index contributed by atoms with van der Waals surface area (Å²) < 4.78 is 6.00. The number of hydrogen-bond donors (Lipinski definition) is 1. The van der Waals surface area contributed by atoms with E-state index in [1.807, 2.05) is 6.07 Å². The molecule has 0 aromatic heterocycles. The van der Waals surface area contributed by atoms with Crippen LogP contribution >= 0.6 is 0 Å². The predicted molar refractivity (Wildman–Crippen MR) is 94.4 cm³/mol. The zero-order valence-electron chi connectivity index (χ0n) is 14.7. The van der Waals surface area contributed by atoms with Crippen LogP contribution in [0.25, 0.3) is 0 Å². The molecule has 4 nitrogen and oxygen atoms in total. The molecule has 1 aliphatic carbocycles. The normalized spacial score (nSPS) is 29.4. The Morgan fingerprint density at radius 3 is 2.74 bits per heavy atom. The third-order valence-electron chi connectivity index (χ3n) is 5.29. The van der Waals surface area contributed by atoms with Crippen molar-refractivity contribution in [3.05, 3.63) is 35.9 Å². The molecule has 1 aromatic rings. The zero-order valence-corrected chi connectivity index (χ0v) is 14.7. The van der Waals surface area contributed by atoms with E-state index < -0.39 is 0 Å². The van der Waals surface area contributed by atoms with Crippen LogP contribution in [0.4, 0.5) is 0 Å². The highest BCUT2D eigenvalue weighted by Crippen LogP contribution is 2.51. The first-order valence-corrected chi connectivity index (χ1v) is 8.64. The topological polar surface area (TPSA) is 36.9 Å². The summed E-state index contributed by atoms with van der Waals surface area (Å²) in [7, 11) is 4.11. The summed E-state index contributed by atoms with van der Waals surface area (Å²) in [6.45, 7) is 6.24. The Labute approximate surface area is 139 Å². The number of nitrogens with zero attached hydrogens (tertiary/aromatic N) is 2. The highest BCUT2D eigenvalue weighted by molar-refractivity contribution is 5.80. The van der Waals surface area contributed by atoms with Crippen LogP contribution in [0.2, 0.25) is 0 Å². The van der Waals surface area contributed by atoms with E-state index in [1.54, 1.807) is 0 Å². The molecule has 1 N–H and O–H groups in total. The van der Waals surface area contributed by atoms with E-state index in [0.29, 0.717) is 24.6 Å². The van der Waals surface area contributed by atoms with E-state index in [0.717, 1.165) is 12.6 Å². The van der Waals surface area contributed by atoms with Gasteiger partial charge in [0.05, 0.1) is 12.6 Å². The van der Waals surface area contributed by atoms with Gasteiger partial charge in [-0.15, -0.1) is 0 Å². The molecular weight excluding hydrogens is 286 g/mol. The average molecular weight is 315 g/mol. The first-order valence-electron chi connectivity index (χ1n) is 8.64. The molecule has 1 heterocycles. The summed E-state index contributed by atoms with van der Waals surface area (Å²) in [4.78, 5) is 6.89. The summed E-state index contributed by atoms with van der Waals surface area (Å²) >= 11 is 0. The fraction of sp³-hybridized carbons (Fsp3) is 0.632. The van der Waals surface area contributed by atoms with Gasteiger partial charge in [-0.2, -0.15) is 0 Å². The van der Waals surface area contributed by atoms with Gasteiger partial charge in [-0.05, 0) is 18.4 Å². The molecule has 1 aliphatic heterocycles. The molecule has 23 heavy (non-hydrogen) atoms. The summed E-state index contributed by atoms with van der Waals surface area (Å²) in [6, 6.07) is 10.8. The Bertz CT molecular complexity index is 553. The first kappa shape index (κ1) is 16.3. The van der Waals surface area contributed by atoms with Gasteiger partial charge in [0, 0.05) is 38.1 Å².